The summed E-state index contributed by atoms with van der Waals surface area (Å²) < 4.78 is 5.21. The second kappa shape index (κ2) is 6.49. The summed E-state index contributed by atoms with van der Waals surface area (Å²) >= 11 is 0. The van der Waals surface area contributed by atoms with Crippen LogP contribution in [0.4, 0.5) is 5.69 Å². The molecule has 0 heterocycles. The molecule has 0 unspecified atom stereocenters. The predicted molar refractivity (Wildman–Crippen MR) is 88.7 cm³/mol. The quantitative estimate of drug-likeness (QED) is 0.872. The molecule has 21 heavy (non-hydrogen) atoms. The van der Waals surface area contributed by atoms with Gasteiger partial charge in [0, 0.05) is 5.69 Å². The topological polar surface area (TPSA) is 21.3 Å². The lowest BCUT2D eigenvalue weighted by molar-refractivity contribution is 0.415. The lowest BCUT2D eigenvalue weighted by atomic mass is 9.89. The molecule has 0 radical (unpaired) electrons. The maximum absolute atomic E-state index is 5.21. The first-order valence-electron chi connectivity index (χ1n) is 7.53. The zero-order valence-corrected chi connectivity index (χ0v) is 12.4. The Labute approximate surface area is 126 Å². The first kappa shape index (κ1) is 13.7. The van der Waals surface area contributed by atoms with Gasteiger partial charge in [0.25, 0.3) is 0 Å². The van der Waals surface area contributed by atoms with E-state index in [9.17, 15) is 0 Å². The number of allylic oxidation sites excluding steroid dienone is 1. The molecule has 0 bridgehead atoms. The van der Waals surface area contributed by atoms with Crippen LogP contribution in [0.2, 0.25) is 0 Å². The Kier molecular flexibility index (Phi) is 4.25. The highest BCUT2D eigenvalue weighted by Gasteiger charge is 2.18. The molecule has 2 nitrogen and oxygen atoms in total. The first-order chi connectivity index (χ1) is 10.4. The SMILES string of the molecule is COc1ccc(N[C@H]2CCCC=C2c2ccccc2)cc1. The van der Waals surface area contributed by atoms with E-state index in [-0.39, 0.29) is 0 Å². The third-order valence-electron chi connectivity index (χ3n) is 3.97. The number of rotatable bonds is 4. The summed E-state index contributed by atoms with van der Waals surface area (Å²) in [7, 11) is 1.69. The summed E-state index contributed by atoms with van der Waals surface area (Å²) in [6, 6.07) is 19.2. The van der Waals surface area contributed by atoms with Gasteiger partial charge < -0.3 is 10.1 Å². The summed E-state index contributed by atoms with van der Waals surface area (Å²) in [4.78, 5) is 0. The van der Waals surface area contributed by atoms with Crippen LogP contribution in [-0.4, -0.2) is 13.2 Å². The molecule has 0 saturated heterocycles. The molecule has 2 heteroatoms. The van der Waals surface area contributed by atoms with Crippen LogP contribution in [0, 0.1) is 0 Å². The van der Waals surface area contributed by atoms with Crippen LogP contribution in [0.1, 0.15) is 24.8 Å². The highest BCUT2D eigenvalue weighted by molar-refractivity contribution is 5.73. The first-order valence-corrected chi connectivity index (χ1v) is 7.53. The monoisotopic (exact) mass is 279 g/mol. The molecular weight excluding hydrogens is 258 g/mol. The average Bonchev–Trinajstić information content (AvgIpc) is 2.57. The molecule has 1 atom stereocenters. The molecule has 1 aliphatic carbocycles. The fourth-order valence-corrected chi connectivity index (χ4v) is 2.87. The minimum Gasteiger partial charge on any atom is -0.497 e. The Morgan fingerprint density at radius 3 is 2.48 bits per heavy atom. The Hall–Kier alpha value is -2.22. The van der Waals surface area contributed by atoms with Gasteiger partial charge >= 0.3 is 0 Å². The van der Waals surface area contributed by atoms with Crippen LogP contribution in [0.3, 0.4) is 0 Å². The van der Waals surface area contributed by atoms with Crippen molar-refractivity contribution in [1.29, 1.82) is 0 Å². The summed E-state index contributed by atoms with van der Waals surface area (Å²) in [5.41, 5.74) is 3.88. The minimum absolute atomic E-state index is 0.384. The third-order valence-corrected chi connectivity index (χ3v) is 3.97. The standard InChI is InChI=1S/C19H21NO/c1-21-17-13-11-16(12-14-17)20-19-10-6-5-9-18(19)15-7-3-2-4-8-15/h2-4,7-9,11-14,19-20H,5-6,10H2,1H3/t19-/m0/s1. The van der Waals surface area contributed by atoms with E-state index in [1.54, 1.807) is 7.11 Å². The highest BCUT2D eigenvalue weighted by Crippen LogP contribution is 2.30. The fourth-order valence-electron chi connectivity index (χ4n) is 2.87. The normalized spacial score (nSPS) is 18.0. The van der Waals surface area contributed by atoms with Gasteiger partial charge in [0.15, 0.2) is 0 Å². The van der Waals surface area contributed by atoms with Gasteiger partial charge in [-0.15, -0.1) is 0 Å². The van der Waals surface area contributed by atoms with Crippen LogP contribution in [0.25, 0.3) is 5.57 Å². The molecule has 2 aromatic rings. The van der Waals surface area contributed by atoms with Crippen LogP contribution in [0.15, 0.2) is 60.7 Å². The number of anilines is 1. The van der Waals surface area contributed by atoms with Crippen LogP contribution < -0.4 is 10.1 Å². The molecule has 3 rings (SSSR count). The second-order valence-electron chi connectivity index (χ2n) is 5.38. The van der Waals surface area contributed by atoms with Crippen LogP contribution in [0.5, 0.6) is 5.75 Å². The maximum Gasteiger partial charge on any atom is 0.119 e. The largest absolute Gasteiger partial charge is 0.497 e. The smallest absolute Gasteiger partial charge is 0.119 e. The molecule has 0 amide bonds. The van der Waals surface area contributed by atoms with Crippen LogP contribution >= 0.6 is 0 Å². The van der Waals surface area contributed by atoms with E-state index in [1.165, 1.54) is 30.4 Å². The van der Waals surface area contributed by atoms with Gasteiger partial charge in [-0.3, -0.25) is 0 Å². The van der Waals surface area contributed by atoms with Crippen molar-refractivity contribution in [2.45, 2.75) is 25.3 Å². The Morgan fingerprint density at radius 2 is 1.76 bits per heavy atom. The predicted octanol–water partition coefficient (Wildman–Crippen LogP) is 4.74. The van der Waals surface area contributed by atoms with Gasteiger partial charge in [-0.2, -0.15) is 0 Å². The molecule has 0 aliphatic heterocycles. The van der Waals surface area contributed by atoms with E-state index in [0.29, 0.717) is 6.04 Å². The van der Waals surface area contributed by atoms with E-state index in [0.717, 1.165) is 11.4 Å². The molecule has 2 aromatic carbocycles. The summed E-state index contributed by atoms with van der Waals surface area (Å²) in [6.45, 7) is 0. The fraction of sp³-hybridized carbons (Fsp3) is 0.263. The second-order valence-corrected chi connectivity index (χ2v) is 5.38. The maximum atomic E-state index is 5.21. The van der Waals surface area contributed by atoms with Crippen molar-refractivity contribution >= 4 is 11.3 Å². The van der Waals surface area contributed by atoms with Crippen molar-refractivity contribution in [3.05, 3.63) is 66.2 Å². The van der Waals surface area contributed by atoms with Gasteiger partial charge in [0.1, 0.15) is 5.75 Å². The number of hydrogen-bond donors (Lipinski definition) is 1. The van der Waals surface area contributed by atoms with Gasteiger partial charge in [0.2, 0.25) is 0 Å². The summed E-state index contributed by atoms with van der Waals surface area (Å²) in [5, 5.41) is 3.66. The number of nitrogens with one attached hydrogen (secondary N) is 1. The van der Waals surface area contributed by atoms with Gasteiger partial charge in [-0.25, -0.2) is 0 Å². The van der Waals surface area contributed by atoms with Crippen LogP contribution in [-0.2, 0) is 0 Å². The zero-order valence-electron chi connectivity index (χ0n) is 12.4. The van der Waals surface area contributed by atoms with E-state index >= 15 is 0 Å². The zero-order chi connectivity index (χ0) is 14.5. The highest BCUT2D eigenvalue weighted by atomic mass is 16.5. The average molecular weight is 279 g/mol. The lowest BCUT2D eigenvalue weighted by Gasteiger charge is -2.27. The van der Waals surface area contributed by atoms with Crippen molar-refractivity contribution < 1.29 is 4.74 Å². The van der Waals surface area contributed by atoms with E-state index in [4.69, 9.17) is 4.74 Å². The van der Waals surface area contributed by atoms with E-state index < -0.39 is 0 Å². The molecule has 0 saturated carbocycles. The molecule has 1 N–H and O–H groups in total. The van der Waals surface area contributed by atoms with Crippen molar-refractivity contribution in [3.8, 4) is 5.75 Å². The lowest BCUT2D eigenvalue weighted by Crippen LogP contribution is -2.23. The Balaban J connectivity index is 1.79. The van der Waals surface area contributed by atoms with Crippen molar-refractivity contribution in [3.63, 3.8) is 0 Å². The molecular formula is C19H21NO. The number of hydrogen-bond acceptors (Lipinski definition) is 2. The van der Waals surface area contributed by atoms with Gasteiger partial charge in [0.05, 0.1) is 13.2 Å². The molecule has 0 spiro atoms. The van der Waals surface area contributed by atoms with Gasteiger partial charge in [-0.1, -0.05) is 36.4 Å². The van der Waals surface area contributed by atoms with E-state index in [1.807, 2.05) is 12.1 Å². The minimum atomic E-state index is 0.384. The Morgan fingerprint density at radius 1 is 1.00 bits per heavy atom. The number of methoxy groups -OCH3 is 1. The summed E-state index contributed by atoms with van der Waals surface area (Å²) in [6.07, 6.45) is 5.96. The van der Waals surface area contributed by atoms with E-state index in [2.05, 4.69) is 53.9 Å². The van der Waals surface area contributed by atoms with Crippen molar-refractivity contribution in [1.82, 2.24) is 0 Å². The molecule has 0 fully saturated rings. The molecule has 0 aromatic heterocycles. The van der Waals surface area contributed by atoms with Gasteiger partial charge in [-0.05, 0) is 54.7 Å². The number of benzene rings is 2. The van der Waals surface area contributed by atoms with Crippen molar-refractivity contribution in [2.75, 3.05) is 12.4 Å². The Bertz CT molecular complexity index is 601. The molecule has 108 valence electrons. The number of ether oxygens (including phenoxy) is 1. The summed E-state index contributed by atoms with van der Waals surface area (Å²) in [5.74, 6) is 0.892. The molecule has 1 aliphatic rings. The third kappa shape index (κ3) is 3.27. The van der Waals surface area contributed by atoms with Crippen molar-refractivity contribution in [2.24, 2.45) is 0 Å².